The number of alkyl carbamates (subject to hydrolysis) is 1. The summed E-state index contributed by atoms with van der Waals surface area (Å²) in [5, 5.41) is 5.05. The van der Waals surface area contributed by atoms with Crippen molar-refractivity contribution < 1.29 is 22.7 Å². The van der Waals surface area contributed by atoms with E-state index in [0.29, 0.717) is 6.42 Å². The van der Waals surface area contributed by atoms with Gasteiger partial charge in [-0.1, -0.05) is 30.3 Å². The van der Waals surface area contributed by atoms with Crippen LogP contribution >= 0.6 is 0 Å². The molecule has 0 saturated carbocycles. The Morgan fingerprint density at radius 1 is 1.30 bits per heavy atom. The van der Waals surface area contributed by atoms with Crippen LogP contribution in [0.15, 0.2) is 30.3 Å². The molecule has 2 N–H and O–H groups in total. The Kier molecular flexibility index (Phi) is 5.59. The van der Waals surface area contributed by atoms with Gasteiger partial charge in [-0.05, 0) is 18.9 Å². The molecule has 1 aliphatic heterocycles. The van der Waals surface area contributed by atoms with E-state index in [2.05, 4.69) is 10.6 Å². The third kappa shape index (κ3) is 5.55. The number of hydrogen-bond donors (Lipinski definition) is 2. The van der Waals surface area contributed by atoms with Crippen molar-refractivity contribution in [1.29, 1.82) is 0 Å². The second-order valence-corrected chi connectivity index (χ2v) is 7.77. The highest BCUT2D eigenvalue weighted by Gasteiger charge is 2.30. The zero-order valence-electron chi connectivity index (χ0n) is 12.8. The topological polar surface area (TPSA) is 102 Å². The molecule has 1 aromatic rings. The molecule has 0 aliphatic carbocycles. The predicted octanol–water partition coefficient (Wildman–Crippen LogP) is 0.605. The van der Waals surface area contributed by atoms with Crippen molar-refractivity contribution >= 4 is 21.8 Å². The first-order valence-corrected chi connectivity index (χ1v) is 9.16. The average molecular weight is 340 g/mol. The Morgan fingerprint density at radius 3 is 2.61 bits per heavy atom. The van der Waals surface area contributed by atoms with Gasteiger partial charge < -0.3 is 15.4 Å². The summed E-state index contributed by atoms with van der Waals surface area (Å²) < 4.78 is 27.7. The maximum absolute atomic E-state index is 11.9. The summed E-state index contributed by atoms with van der Waals surface area (Å²) in [6, 6.07) is 7.98. The molecular formula is C15H20N2O5S. The summed E-state index contributed by atoms with van der Waals surface area (Å²) in [7, 11) is -3.06. The normalized spacial score (nSPS) is 20.5. The van der Waals surface area contributed by atoms with Gasteiger partial charge in [0.15, 0.2) is 9.84 Å². The molecule has 0 aromatic heterocycles. The van der Waals surface area contributed by atoms with Crippen molar-refractivity contribution in [3.8, 4) is 0 Å². The van der Waals surface area contributed by atoms with Crippen LogP contribution in [0.25, 0.3) is 0 Å². The van der Waals surface area contributed by atoms with Crippen LogP contribution in [0.2, 0.25) is 0 Å². The highest BCUT2D eigenvalue weighted by Crippen LogP contribution is 2.11. The molecule has 1 heterocycles. The van der Waals surface area contributed by atoms with Gasteiger partial charge in [-0.2, -0.15) is 0 Å². The van der Waals surface area contributed by atoms with Crippen LogP contribution in [-0.2, 0) is 26.0 Å². The number of amides is 2. The van der Waals surface area contributed by atoms with Crippen molar-refractivity contribution in [2.24, 2.45) is 0 Å². The molecule has 1 aromatic carbocycles. The van der Waals surface area contributed by atoms with Crippen LogP contribution < -0.4 is 10.6 Å². The molecule has 1 saturated heterocycles. The molecule has 8 heteroatoms. The van der Waals surface area contributed by atoms with Crippen molar-refractivity contribution in [1.82, 2.24) is 10.6 Å². The van der Waals surface area contributed by atoms with E-state index in [0.717, 1.165) is 5.56 Å². The SMILES string of the molecule is C[C@H](NC(=O)OCc1ccccc1)C(=O)NC1CCS(=O)(=O)C1. The lowest BCUT2D eigenvalue weighted by Gasteiger charge is -2.17. The van der Waals surface area contributed by atoms with Crippen LogP contribution in [0.4, 0.5) is 4.79 Å². The minimum atomic E-state index is -3.06. The van der Waals surface area contributed by atoms with Crippen molar-refractivity contribution in [3.63, 3.8) is 0 Å². The molecule has 7 nitrogen and oxygen atoms in total. The summed E-state index contributed by atoms with van der Waals surface area (Å²) in [5.74, 6) is -0.397. The number of hydrogen-bond acceptors (Lipinski definition) is 5. The van der Waals surface area contributed by atoms with Crippen LogP contribution in [0.5, 0.6) is 0 Å². The van der Waals surface area contributed by atoms with Crippen molar-refractivity contribution in [3.05, 3.63) is 35.9 Å². The maximum atomic E-state index is 11.9. The first-order chi connectivity index (χ1) is 10.9. The molecule has 1 unspecified atom stereocenters. The van der Waals surface area contributed by atoms with Gasteiger partial charge in [0.25, 0.3) is 0 Å². The highest BCUT2D eigenvalue weighted by molar-refractivity contribution is 7.91. The fraction of sp³-hybridized carbons (Fsp3) is 0.467. The van der Waals surface area contributed by atoms with E-state index in [1.807, 2.05) is 30.3 Å². The zero-order valence-corrected chi connectivity index (χ0v) is 13.6. The second kappa shape index (κ2) is 7.45. The number of nitrogens with one attached hydrogen (secondary N) is 2. The lowest BCUT2D eigenvalue weighted by atomic mass is 10.2. The van der Waals surface area contributed by atoms with E-state index in [9.17, 15) is 18.0 Å². The minimum absolute atomic E-state index is 0.0517. The van der Waals surface area contributed by atoms with E-state index in [4.69, 9.17) is 4.74 Å². The number of sulfone groups is 1. The smallest absolute Gasteiger partial charge is 0.408 e. The molecule has 0 bridgehead atoms. The number of rotatable bonds is 5. The van der Waals surface area contributed by atoms with Crippen LogP contribution in [0, 0.1) is 0 Å². The summed E-state index contributed by atoms with van der Waals surface area (Å²) in [4.78, 5) is 23.6. The van der Waals surface area contributed by atoms with Crippen LogP contribution in [-0.4, -0.2) is 44.0 Å². The fourth-order valence-electron chi connectivity index (χ4n) is 2.24. The van der Waals surface area contributed by atoms with Gasteiger partial charge in [-0.3, -0.25) is 4.79 Å². The van der Waals surface area contributed by atoms with E-state index < -0.39 is 33.9 Å². The van der Waals surface area contributed by atoms with Crippen molar-refractivity contribution in [2.75, 3.05) is 11.5 Å². The monoisotopic (exact) mass is 340 g/mol. The third-order valence-electron chi connectivity index (χ3n) is 3.52. The van der Waals surface area contributed by atoms with E-state index in [1.54, 1.807) is 0 Å². The second-order valence-electron chi connectivity index (χ2n) is 5.54. The third-order valence-corrected chi connectivity index (χ3v) is 5.29. The molecule has 126 valence electrons. The fourth-order valence-corrected chi connectivity index (χ4v) is 3.92. The quantitative estimate of drug-likeness (QED) is 0.817. The lowest BCUT2D eigenvalue weighted by molar-refractivity contribution is -0.123. The molecule has 0 spiro atoms. The first kappa shape index (κ1) is 17.3. The largest absolute Gasteiger partial charge is 0.445 e. The Morgan fingerprint density at radius 2 is 2.00 bits per heavy atom. The molecule has 23 heavy (non-hydrogen) atoms. The molecule has 2 rings (SSSR count). The Labute approximate surface area is 135 Å². The van der Waals surface area contributed by atoms with Gasteiger partial charge in [-0.15, -0.1) is 0 Å². The summed E-state index contributed by atoms with van der Waals surface area (Å²) in [6.07, 6.45) is -0.297. The van der Waals surface area contributed by atoms with Gasteiger partial charge in [0.1, 0.15) is 12.6 Å². The summed E-state index contributed by atoms with van der Waals surface area (Å²) in [6.45, 7) is 1.63. The first-order valence-electron chi connectivity index (χ1n) is 7.34. The van der Waals surface area contributed by atoms with E-state index >= 15 is 0 Å². The summed E-state index contributed by atoms with van der Waals surface area (Å²) in [5.41, 5.74) is 0.843. The molecule has 2 amide bonds. The Bertz CT molecular complexity index is 660. The van der Waals surface area contributed by atoms with E-state index in [-0.39, 0.29) is 18.1 Å². The Hall–Kier alpha value is -2.09. The molecule has 0 radical (unpaired) electrons. The van der Waals surface area contributed by atoms with Gasteiger partial charge in [-0.25, -0.2) is 13.2 Å². The highest BCUT2D eigenvalue weighted by atomic mass is 32.2. The van der Waals surface area contributed by atoms with Crippen molar-refractivity contribution in [2.45, 2.75) is 32.0 Å². The molecule has 1 aliphatic rings. The molecule has 2 atom stereocenters. The number of carbonyl (C=O) groups excluding carboxylic acids is 2. The standard InChI is InChI=1S/C15H20N2O5S/c1-11(14(18)17-13-7-8-23(20,21)10-13)16-15(19)22-9-12-5-3-2-4-6-12/h2-6,11,13H,7-10H2,1H3,(H,16,19)(H,17,18)/t11-,13?/m0/s1. The lowest BCUT2D eigenvalue weighted by Crippen LogP contribution is -2.48. The number of ether oxygens (including phenoxy) is 1. The van der Waals surface area contributed by atoms with Crippen LogP contribution in [0.3, 0.4) is 0 Å². The van der Waals surface area contributed by atoms with Gasteiger partial charge in [0, 0.05) is 6.04 Å². The summed E-state index contributed by atoms with van der Waals surface area (Å²) >= 11 is 0. The van der Waals surface area contributed by atoms with Crippen LogP contribution in [0.1, 0.15) is 18.9 Å². The minimum Gasteiger partial charge on any atom is -0.445 e. The molecule has 1 fully saturated rings. The maximum Gasteiger partial charge on any atom is 0.408 e. The van der Waals surface area contributed by atoms with E-state index in [1.165, 1.54) is 6.92 Å². The van der Waals surface area contributed by atoms with Gasteiger partial charge >= 0.3 is 6.09 Å². The van der Waals surface area contributed by atoms with Gasteiger partial charge in [0.05, 0.1) is 11.5 Å². The number of carbonyl (C=O) groups is 2. The zero-order chi connectivity index (χ0) is 16.9. The Balaban J connectivity index is 1.73. The molecular weight excluding hydrogens is 320 g/mol. The van der Waals surface area contributed by atoms with Gasteiger partial charge in [0.2, 0.25) is 5.91 Å². The predicted molar refractivity (Wildman–Crippen MR) is 84.4 cm³/mol. The average Bonchev–Trinajstić information content (AvgIpc) is 2.85. The number of benzene rings is 1.